The summed E-state index contributed by atoms with van der Waals surface area (Å²) in [7, 11) is 3.32. The molecule has 0 unspecified atom stereocenters. The molecule has 0 radical (unpaired) electrons. The molecule has 0 fully saturated rings. The van der Waals surface area contributed by atoms with Gasteiger partial charge in [-0.05, 0) is 35.7 Å². The van der Waals surface area contributed by atoms with Gasteiger partial charge in [0.05, 0.1) is 14.2 Å². The third-order valence-electron chi connectivity index (χ3n) is 4.09. The van der Waals surface area contributed by atoms with Gasteiger partial charge in [0.15, 0.2) is 11.5 Å². The van der Waals surface area contributed by atoms with Crippen LogP contribution in [0.4, 0.5) is 11.8 Å². The lowest BCUT2D eigenvalue weighted by molar-refractivity contribution is 0.353. The molecule has 0 atom stereocenters. The van der Waals surface area contributed by atoms with Gasteiger partial charge >= 0.3 is 0 Å². The van der Waals surface area contributed by atoms with Crippen molar-refractivity contribution < 1.29 is 9.47 Å². The Kier molecular flexibility index (Phi) is 4.84. The molecule has 3 rings (SSSR count). The fourth-order valence-corrected chi connectivity index (χ4v) is 2.85. The molecule has 2 heterocycles. The number of hydrogen-bond donors (Lipinski definition) is 1. The Morgan fingerprint density at radius 3 is 2.71 bits per heavy atom. The third-order valence-corrected chi connectivity index (χ3v) is 4.09. The molecule has 6 nitrogen and oxygen atoms in total. The number of benzene rings is 1. The van der Waals surface area contributed by atoms with Crippen LogP contribution < -0.4 is 19.7 Å². The fourth-order valence-electron chi connectivity index (χ4n) is 2.85. The first-order chi connectivity index (χ1) is 11.7. The number of hydrogen-bond acceptors (Lipinski definition) is 6. The molecule has 126 valence electrons. The number of methoxy groups -OCH3 is 2. The Labute approximate surface area is 142 Å². The van der Waals surface area contributed by atoms with Gasteiger partial charge in [-0.15, -0.1) is 6.58 Å². The lowest BCUT2D eigenvalue weighted by Crippen LogP contribution is -2.31. The average molecular weight is 326 g/mol. The lowest BCUT2D eigenvalue weighted by atomic mass is 9.99. The summed E-state index contributed by atoms with van der Waals surface area (Å²) in [5.74, 6) is 3.07. The van der Waals surface area contributed by atoms with Gasteiger partial charge in [-0.25, -0.2) is 4.98 Å². The van der Waals surface area contributed by atoms with E-state index in [1.807, 2.05) is 6.07 Å². The summed E-state index contributed by atoms with van der Waals surface area (Å²) in [6, 6.07) is 6.06. The predicted molar refractivity (Wildman–Crippen MR) is 95.0 cm³/mol. The molecular formula is C18H22N4O2. The van der Waals surface area contributed by atoms with Gasteiger partial charge in [-0.2, -0.15) is 4.98 Å². The number of anilines is 2. The summed E-state index contributed by atoms with van der Waals surface area (Å²) in [5.41, 5.74) is 2.53. The van der Waals surface area contributed by atoms with Crippen molar-refractivity contribution in [3.63, 3.8) is 0 Å². The quantitative estimate of drug-likeness (QED) is 0.824. The van der Waals surface area contributed by atoms with Gasteiger partial charge in [0.2, 0.25) is 5.95 Å². The van der Waals surface area contributed by atoms with Gasteiger partial charge in [-0.1, -0.05) is 6.08 Å². The Balaban J connectivity index is 1.83. The van der Waals surface area contributed by atoms with Gasteiger partial charge in [-0.3, -0.25) is 0 Å². The van der Waals surface area contributed by atoms with E-state index in [4.69, 9.17) is 9.47 Å². The van der Waals surface area contributed by atoms with Crippen LogP contribution in [0, 0.1) is 0 Å². The summed E-state index contributed by atoms with van der Waals surface area (Å²) in [6.07, 6.45) is 4.50. The molecule has 0 bridgehead atoms. The topological polar surface area (TPSA) is 59.5 Å². The number of ether oxygens (including phenoxy) is 2. The number of rotatable bonds is 6. The Morgan fingerprint density at radius 1 is 1.25 bits per heavy atom. The summed E-state index contributed by atoms with van der Waals surface area (Å²) in [4.78, 5) is 11.1. The van der Waals surface area contributed by atoms with Gasteiger partial charge in [0.25, 0.3) is 0 Å². The molecule has 1 aliphatic heterocycles. The first-order valence-electron chi connectivity index (χ1n) is 7.91. The average Bonchev–Trinajstić information content (AvgIpc) is 2.64. The van der Waals surface area contributed by atoms with E-state index >= 15 is 0 Å². The standard InChI is InChI=1S/C18H22N4O2/c1-4-7-19-18-20-8-5-17(21-18)22-9-6-13-10-15(23-2)16(24-3)11-14(13)12-22/h4-5,8,10-11H,1,6-7,9,12H2,2-3H3,(H,19,20,21). The maximum Gasteiger partial charge on any atom is 0.224 e. The van der Waals surface area contributed by atoms with Crippen molar-refractivity contribution in [2.24, 2.45) is 0 Å². The second-order valence-corrected chi connectivity index (χ2v) is 5.56. The van der Waals surface area contributed by atoms with Gasteiger partial charge in [0, 0.05) is 25.8 Å². The molecule has 0 aliphatic carbocycles. The van der Waals surface area contributed by atoms with E-state index in [0.29, 0.717) is 12.5 Å². The van der Waals surface area contributed by atoms with Crippen molar-refractivity contribution in [2.75, 3.05) is 37.5 Å². The highest BCUT2D eigenvalue weighted by Crippen LogP contribution is 2.34. The Bertz CT molecular complexity index is 733. The van der Waals surface area contributed by atoms with E-state index in [1.165, 1.54) is 11.1 Å². The highest BCUT2D eigenvalue weighted by atomic mass is 16.5. The monoisotopic (exact) mass is 326 g/mol. The second-order valence-electron chi connectivity index (χ2n) is 5.56. The minimum absolute atomic E-state index is 0.616. The number of nitrogens with zero attached hydrogens (tertiary/aromatic N) is 3. The van der Waals surface area contributed by atoms with Crippen LogP contribution in [0.15, 0.2) is 37.1 Å². The van der Waals surface area contributed by atoms with Crippen molar-refractivity contribution in [1.29, 1.82) is 0 Å². The summed E-state index contributed by atoms with van der Waals surface area (Å²) >= 11 is 0. The van der Waals surface area contributed by atoms with Gasteiger partial charge in [0.1, 0.15) is 5.82 Å². The number of fused-ring (bicyclic) bond motifs is 1. The summed E-state index contributed by atoms with van der Waals surface area (Å²) < 4.78 is 10.8. The Hall–Kier alpha value is -2.76. The highest BCUT2D eigenvalue weighted by molar-refractivity contribution is 5.52. The molecule has 6 heteroatoms. The third kappa shape index (κ3) is 3.27. The minimum atomic E-state index is 0.616. The van der Waals surface area contributed by atoms with Crippen LogP contribution in [0.25, 0.3) is 0 Å². The molecule has 1 N–H and O–H groups in total. The van der Waals surface area contributed by atoms with E-state index in [1.54, 1.807) is 26.5 Å². The molecule has 1 aromatic heterocycles. The highest BCUT2D eigenvalue weighted by Gasteiger charge is 2.20. The van der Waals surface area contributed by atoms with Crippen molar-refractivity contribution in [2.45, 2.75) is 13.0 Å². The van der Waals surface area contributed by atoms with Crippen molar-refractivity contribution >= 4 is 11.8 Å². The van der Waals surface area contributed by atoms with Crippen LogP contribution in [0.5, 0.6) is 11.5 Å². The zero-order valence-electron chi connectivity index (χ0n) is 14.1. The molecule has 0 saturated heterocycles. The largest absolute Gasteiger partial charge is 0.493 e. The molecule has 0 amide bonds. The van der Waals surface area contributed by atoms with Crippen molar-refractivity contribution in [3.05, 3.63) is 48.2 Å². The minimum Gasteiger partial charge on any atom is -0.493 e. The predicted octanol–water partition coefficient (Wildman–Crippen LogP) is 2.65. The molecule has 1 aromatic carbocycles. The molecule has 24 heavy (non-hydrogen) atoms. The summed E-state index contributed by atoms with van der Waals surface area (Å²) in [5, 5.41) is 3.12. The van der Waals surface area contributed by atoms with Crippen LogP contribution in [-0.2, 0) is 13.0 Å². The van der Waals surface area contributed by atoms with E-state index in [9.17, 15) is 0 Å². The molecule has 2 aromatic rings. The smallest absolute Gasteiger partial charge is 0.224 e. The fraction of sp³-hybridized carbons (Fsp3) is 0.333. The Morgan fingerprint density at radius 2 is 2.00 bits per heavy atom. The lowest BCUT2D eigenvalue weighted by Gasteiger charge is -2.30. The maximum atomic E-state index is 5.42. The number of nitrogens with one attached hydrogen (secondary N) is 1. The van der Waals surface area contributed by atoms with E-state index in [2.05, 4.69) is 38.9 Å². The first kappa shape index (κ1) is 16.1. The van der Waals surface area contributed by atoms with E-state index < -0.39 is 0 Å². The maximum absolute atomic E-state index is 5.42. The number of aromatic nitrogens is 2. The molecule has 0 spiro atoms. The van der Waals surface area contributed by atoms with Crippen molar-refractivity contribution in [1.82, 2.24) is 9.97 Å². The first-order valence-corrected chi connectivity index (χ1v) is 7.91. The SMILES string of the molecule is C=CCNc1nccc(N2CCc3cc(OC)c(OC)cc3C2)n1. The van der Waals surface area contributed by atoms with E-state index in [-0.39, 0.29) is 0 Å². The zero-order valence-corrected chi connectivity index (χ0v) is 14.1. The van der Waals surface area contributed by atoms with Crippen LogP contribution in [0.2, 0.25) is 0 Å². The normalized spacial score (nSPS) is 13.2. The zero-order chi connectivity index (χ0) is 16.9. The van der Waals surface area contributed by atoms with Crippen LogP contribution >= 0.6 is 0 Å². The van der Waals surface area contributed by atoms with Crippen LogP contribution in [0.1, 0.15) is 11.1 Å². The van der Waals surface area contributed by atoms with Crippen LogP contribution in [-0.4, -0.2) is 37.3 Å². The second kappa shape index (κ2) is 7.21. The molecule has 0 saturated carbocycles. The van der Waals surface area contributed by atoms with E-state index in [0.717, 1.165) is 36.8 Å². The molecule has 1 aliphatic rings. The van der Waals surface area contributed by atoms with Gasteiger partial charge < -0.3 is 19.7 Å². The molecular weight excluding hydrogens is 304 g/mol. The van der Waals surface area contributed by atoms with Crippen molar-refractivity contribution in [3.8, 4) is 11.5 Å². The van der Waals surface area contributed by atoms with Crippen LogP contribution in [0.3, 0.4) is 0 Å². The summed E-state index contributed by atoms with van der Waals surface area (Å²) in [6.45, 7) is 6.02.